The lowest BCUT2D eigenvalue weighted by molar-refractivity contribution is -0.149. The monoisotopic (exact) mass is 372 g/mol. The average Bonchev–Trinajstić information content (AvgIpc) is 2.65. The molecular weight excluding hydrogens is 352 g/mol. The summed E-state index contributed by atoms with van der Waals surface area (Å²) in [6, 6.07) is 8.52. The van der Waals surface area contributed by atoms with Crippen molar-refractivity contribution in [3.05, 3.63) is 51.8 Å². The van der Waals surface area contributed by atoms with Crippen LogP contribution >= 0.6 is 0 Å². The second-order valence-electron chi connectivity index (χ2n) is 6.33. The van der Waals surface area contributed by atoms with Gasteiger partial charge in [-0.15, -0.1) is 0 Å². The average molecular weight is 372 g/mol. The highest BCUT2D eigenvalue weighted by Gasteiger charge is 2.51. The molecule has 3 rings (SSSR count). The van der Waals surface area contributed by atoms with Crippen molar-refractivity contribution in [1.82, 2.24) is 9.78 Å². The predicted molar refractivity (Wildman–Crippen MR) is 95.3 cm³/mol. The lowest BCUT2D eigenvalue weighted by Crippen LogP contribution is -2.61. The Morgan fingerprint density at radius 1 is 1.33 bits per heavy atom. The summed E-state index contributed by atoms with van der Waals surface area (Å²) in [5.74, 6) is 0.518. The zero-order chi connectivity index (χ0) is 19.6. The SMILES string of the molecule is COCC1(COC)Oc2ccc(C#N)cc2[C@@H](n2nc(N)ccc2=O)[C@@H]1O. The summed E-state index contributed by atoms with van der Waals surface area (Å²) in [4.78, 5) is 12.5. The van der Waals surface area contributed by atoms with Crippen molar-refractivity contribution >= 4 is 5.82 Å². The van der Waals surface area contributed by atoms with Gasteiger partial charge in [-0.25, -0.2) is 4.68 Å². The molecule has 0 aliphatic carbocycles. The molecule has 3 N–H and O–H groups in total. The summed E-state index contributed by atoms with van der Waals surface area (Å²) in [6.45, 7) is 0.0179. The molecule has 1 aliphatic rings. The summed E-state index contributed by atoms with van der Waals surface area (Å²) in [7, 11) is 2.95. The molecule has 1 aliphatic heterocycles. The molecule has 0 fully saturated rings. The van der Waals surface area contributed by atoms with Crippen molar-refractivity contribution in [2.45, 2.75) is 17.7 Å². The molecule has 2 aromatic rings. The van der Waals surface area contributed by atoms with E-state index in [4.69, 9.17) is 19.9 Å². The van der Waals surface area contributed by atoms with Crippen LogP contribution in [0.4, 0.5) is 5.82 Å². The minimum absolute atomic E-state index is 0.00894. The van der Waals surface area contributed by atoms with E-state index in [1.807, 2.05) is 6.07 Å². The van der Waals surface area contributed by atoms with E-state index in [0.29, 0.717) is 16.9 Å². The van der Waals surface area contributed by atoms with Crippen molar-refractivity contribution < 1.29 is 19.3 Å². The van der Waals surface area contributed by atoms with Crippen LogP contribution < -0.4 is 16.0 Å². The molecule has 0 saturated heterocycles. The lowest BCUT2D eigenvalue weighted by atomic mass is 9.84. The van der Waals surface area contributed by atoms with E-state index in [2.05, 4.69) is 5.10 Å². The molecule has 1 aromatic heterocycles. The lowest BCUT2D eigenvalue weighted by Gasteiger charge is -2.45. The maximum atomic E-state index is 12.5. The summed E-state index contributed by atoms with van der Waals surface area (Å²) in [6.07, 6.45) is -1.26. The number of nitriles is 1. The molecule has 0 amide bonds. The van der Waals surface area contributed by atoms with Gasteiger partial charge in [-0.2, -0.15) is 10.4 Å². The Morgan fingerprint density at radius 3 is 2.67 bits per heavy atom. The maximum absolute atomic E-state index is 12.5. The van der Waals surface area contributed by atoms with Crippen molar-refractivity contribution in [1.29, 1.82) is 5.26 Å². The number of hydrogen-bond acceptors (Lipinski definition) is 8. The molecule has 142 valence electrons. The number of hydrogen-bond donors (Lipinski definition) is 2. The second kappa shape index (κ2) is 7.36. The molecule has 1 aromatic carbocycles. The third-order valence-corrected chi connectivity index (χ3v) is 4.50. The van der Waals surface area contributed by atoms with Gasteiger partial charge in [0, 0.05) is 25.8 Å². The summed E-state index contributed by atoms with van der Waals surface area (Å²) >= 11 is 0. The summed E-state index contributed by atoms with van der Waals surface area (Å²) < 4.78 is 17.7. The minimum atomic E-state index is -1.28. The first kappa shape index (κ1) is 18.8. The zero-order valence-electron chi connectivity index (χ0n) is 15.0. The number of methoxy groups -OCH3 is 2. The highest BCUT2D eigenvalue weighted by molar-refractivity contribution is 5.47. The Balaban J connectivity index is 2.26. The number of aliphatic hydroxyl groups excluding tert-OH is 1. The zero-order valence-corrected chi connectivity index (χ0v) is 15.0. The quantitative estimate of drug-likeness (QED) is 0.753. The molecule has 9 heteroatoms. The molecule has 0 radical (unpaired) electrons. The van der Waals surface area contributed by atoms with Crippen LogP contribution in [0.3, 0.4) is 0 Å². The van der Waals surface area contributed by atoms with Gasteiger partial charge in [0.1, 0.15) is 23.7 Å². The van der Waals surface area contributed by atoms with E-state index in [9.17, 15) is 15.2 Å². The van der Waals surface area contributed by atoms with E-state index in [0.717, 1.165) is 4.68 Å². The van der Waals surface area contributed by atoms with Gasteiger partial charge < -0.3 is 25.1 Å². The van der Waals surface area contributed by atoms with Gasteiger partial charge in [0.25, 0.3) is 5.56 Å². The summed E-state index contributed by atoms with van der Waals surface area (Å²) in [5, 5.41) is 24.5. The molecule has 2 atom stereocenters. The predicted octanol–water partition coefficient (Wildman–Crippen LogP) is 0.0715. The Kier molecular flexibility index (Phi) is 5.14. The number of nitrogens with two attached hydrogens (primary N) is 1. The van der Waals surface area contributed by atoms with E-state index >= 15 is 0 Å². The van der Waals surface area contributed by atoms with E-state index < -0.39 is 23.3 Å². The minimum Gasteiger partial charge on any atom is -0.479 e. The van der Waals surface area contributed by atoms with Gasteiger partial charge in [0.2, 0.25) is 0 Å². The smallest absolute Gasteiger partial charge is 0.267 e. The fourth-order valence-corrected chi connectivity index (χ4v) is 3.34. The van der Waals surface area contributed by atoms with Crippen LogP contribution in [0.5, 0.6) is 5.75 Å². The second-order valence-corrected chi connectivity index (χ2v) is 6.33. The van der Waals surface area contributed by atoms with Crippen LogP contribution in [-0.4, -0.2) is 54.0 Å². The van der Waals surface area contributed by atoms with Gasteiger partial charge in [-0.1, -0.05) is 0 Å². The molecule has 27 heavy (non-hydrogen) atoms. The maximum Gasteiger partial charge on any atom is 0.267 e. The highest BCUT2D eigenvalue weighted by atomic mass is 16.6. The topological polar surface area (TPSA) is 133 Å². The van der Waals surface area contributed by atoms with Gasteiger partial charge in [-0.3, -0.25) is 4.79 Å². The van der Waals surface area contributed by atoms with Crippen LogP contribution in [0.25, 0.3) is 0 Å². The summed E-state index contributed by atoms with van der Waals surface area (Å²) in [5.41, 5.74) is 4.83. The van der Waals surface area contributed by atoms with Crippen molar-refractivity contribution in [3.63, 3.8) is 0 Å². The number of nitrogens with zero attached hydrogens (tertiary/aromatic N) is 3. The van der Waals surface area contributed by atoms with Gasteiger partial charge in [-0.05, 0) is 24.3 Å². The number of nitrogen functional groups attached to an aromatic ring is 1. The van der Waals surface area contributed by atoms with Crippen molar-refractivity contribution in [3.8, 4) is 11.8 Å². The third kappa shape index (κ3) is 3.26. The fourth-order valence-electron chi connectivity index (χ4n) is 3.34. The Hall–Kier alpha value is -2.93. The molecule has 0 saturated carbocycles. The van der Waals surface area contributed by atoms with Crippen LogP contribution in [0.2, 0.25) is 0 Å². The van der Waals surface area contributed by atoms with E-state index in [1.165, 1.54) is 26.4 Å². The number of ether oxygens (including phenoxy) is 3. The van der Waals surface area contributed by atoms with Crippen LogP contribution in [-0.2, 0) is 9.47 Å². The van der Waals surface area contributed by atoms with E-state index in [-0.39, 0.29) is 19.0 Å². The number of benzene rings is 1. The number of rotatable bonds is 5. The molecule has 9 nitrogen and oxygen atoms in total. The van der Waals surface area contributed by atoms with Crippen molar-refractivity contribution in [2.24, 2.45) is 0 Å². The molecule has 2 heterocycles. The first-order valence-corrected chi connectivity index (χ1v) is 8.20. The van der Waals surface area contributed by atoms with Crippen LogP contribution in [0.1, 0.15) is 17.2 Å². The number of aromatic nitrogens is 2. The largest absolute Gasteiger partial charge is 0.479 e. The highest BCUT2D eigenvalue weighted by Crippen LogP contribution is 2.42. The third-order valence-electron chi connectivity index (χ3n) is 4.50. The van der Waals surface area contributed by atoms with Gasteiger partial charge in [0.05, 0.1) is 24.8 Å². The normalized spacial score (nSPS) is 20.4. The van der Waals surface area contributed by atoms with Crippen LogP contribution in [0, 0.1) is 11.3 Å². The Labute approximate surface area is 155 Å². The number of anilines is 1. The fraction of sp³-hybridized carbons (Fsp3) is 0.389. The molecule has 0 spiro atoms. The Morgan fingerprint density at radius 2 is 2.04 bits per heavy atom. The van der Waals surface area contributed by atoms with Gasteiger partial charge in [0.15, 0.2) is 5.60 Å². The molecule has 0 bridgehead atoms. The first-order chi connectivity index (χ1) is 13.0. The molecule has 0 unspecified atom stereocenters. The Bertz CT molecular complexity index is 930. The standard InChI is InChI=1S/C18H20N4O5/c1-25-9-18(10-26-2)17(24)16(22-15(23)6-5-14(20)21-22)12-7-11(8-19)3-4-13(12)27-18/h3-7,16-17,24H,9-10H2,1-2H3,(H2,20,21)/t16-,17+/m1/s1. The van der Waals surface area contributed by atoms with Crippen molar-refractivity contribution in [2.75, 3.05) is 33.2 Å². The number of fused-ring (bicyclic) bond motifs is 1. The first-order valence-electron chi connectivity index (χ1n) is 8.20. The van der Waals surface area contributed by atoms with Gasteiger partial charge >= 0.3 is 0 Å². The van der Waals surface area contributed by atoms with E-state index in [1.54, 1.807) is 18.2 Å². The molecular formula is C18H20N4O5. The van der Waals surface area contributed by atoms with Crippen LogP contribution in [0.15, 0.2) is 35.1 Å². The number of aliphatic hydroxyl groups is 1.